The maximum atomic E-state index is 12.9. The van der Waals surface area contributed by atoms with Gasteiger partial charge in [-0.1, -0.05) is 17.7 Å². The summed E-state index contributed by atoms with van der Waals surface area (Å²) in [4.78, 5) is 0. The zero-order chi connectivity index (χ0) is 11.4. The van der Waals surface area contributed by atoms with Crippen molar-refractivity contribution in [1.82, 2.24) is 5.32 Å². The summed E-state index contributed by atoms with van der Waals surface area (Å²) in [7, 11) is 0. The molecule has 1 fully saturated rings. The first-order valence-electron chi connectivity index (χ1n) is 5.48. The van der Waals surface area contributed by atoms with Gasteiger partial charge in [0.25, 0.3) is 0 Å². The smallest absolute Gasteiger partial charge is 0.141 e. The van der Waals surface area contributed by atoms with Crippen LogP contribution in [-0.4, -0.2) is 19.8 Å². The number of hydrogen-bond acceptors (Lipinski definition) is 2. The van der Waals surface area contributed by atoms with Crippen LogP contribution in [0.1, 0.15) is 12.0 Å². The van der Waals surface area contributed by atoms with E-state index >= 15 is 0 Å². The van der Waals surface area contributed by atoms with Crippen LogP contribution in [0.4, 0.5) is 4.39 Å². The lowest BCUT2D eigenvalue weighted by Crippen LogP contribution is -2.22. The molecule has 0 radical (unpaired) electrons. The predicted octanol–water partition coefficient (Wildman–Crippen LogP) is 2.61. The predicted molar refractivity (Wildman–Crippen MR) is 62.0 cm³/mol. The van der Waals surface area contributed by atoms with Crippen molar-refractivity contribution in [3.63, 3.8) is 0 Å². The summed E-state index contributed by atoms with van der Waals surface area (Å²) in [6.07, 6.45) is 1.12. The summed E-state index contributed by atoms with van der Waals surface area (Å²) < 4.78 is 18.2. The van der Waals surface area contributed by atoms with Gasteiger partial charge in [0.1, 0.15) is 5.82 Å². The van der Waals surface area contributed by atoms with E-state index in [1.165, 1.54) is 6.07 Å². The van der Waals surface area contributed by atoms with Gasteiger partial charge in [-0.3, -0.25) is 0 Å². The Kier molecular flexibility index (Phi) is 4.16. The number of ether oxygens (including phenoxy) is 1. The molecule has 1 N–H and O–H groups in total. The van der Waals surface area contributed by atoms with Crippen molar-refractivity contribution in [2.24, 2.45) is 5.92 Å². The molecule has 1 heterocycles. The van der Waals surface area contributed by atoms with Crippen molar-refractivity contribution in [3.05, 3.63) is 34.6 Å². The Morgan fingerprint density at radius 2 is 2.38 bits per heavy atom. The average Bonchev–Trinajstić information content (AvgIpc) is 2.76. The number of benzene rings is 1. The van der Waals surface area contributed by atoms with Crippen LogP contribution >= 0.6 is 11.6 Å². The molecule has 1 aliphatic heterocycles. The fourth-order valence-electron chi connectivity index (χ4n) is 1.81. The van der Waals surface area contributed by atoms with E-state index in [1.54, 1.807) is 12.1 Å². The first-order chi connectivity index (χ1) is 7.75. The second kappa shape index (κ2) is 5.62. The van der Waals surface area contributed by atoms with Gasteiger partial charge in [-0.15, -0.1) is 0 Å². The van der Waals surface area contributed by atoms with Crippen LogP contribution in [0, 0.1) is 11.7 Å². The molecule has 0 saturated carbocycles. The molecule has 1 saturated heterocycles. The van der Waals surface area contributed by atoms with E-state index in [1.807, 2.05) is 0 Å². The largest absolute Gasteiger partial charge is 0.381 e. The van der Waals surface area contributed by atoms with Crippen LogP contribution < -0.4 is 5.32 Å². The molecule has 88 valence electrons. The SMILES string of the molecule is Fc1ccc(CNCC2CCOC2)cc1Cl. The minimum Gasteiger partial charge on any atom is -0.381 e. The topological polar surface area (TPSA) is 21.3 Å². The lowest BCUT2D eigenvalue weighted by Gasteiger charge is -2.09. The molecule has 1 atom stereocenters. The molecule has 0 aromatic heterocycles. The Bertz CT molecular complexity index is 353. The first kappa shape index (κ1) is 11.8. The summed E-state index contributed by atoms with van der Waals surface area (Å²) >= 11 is 5.70. The molecule has 16 heavy (non-hydrogen) atoms. The molecule has 1 aromatic carbocycles. The van der Waals surface area contributed by atoms with E-state index in [2.05, 4.69) is 5.32 Å². The number of halogens is 2. The minimum absolute atomic E-state index is 0.184. The zero-order valence-electron chi connectivity index (χ0n) is 9.01. The summed E-state index contributed by atoms with van der Waals surface area (Å²) in [5.41, 5.74) is 1.00. The van der Waals surface area contributed by atoms with Crippen LogP contribution in [0.25, 0.3) is 0 Å². The summed E-state index contributed by atoms with van der Waals surface area (Å²) in [5.74, 6) is 0.241. The highest BCUT2D eigenvalue weighted by Gasteiger charge is 2.14. The summed E-state index contributed by atoms with van der Waals surface area (Å²) in [6.45, 7) is 3.37. The highest BCUT2D eigenvalue weighted by atomic mass is 35.5. The van der Waals surface area contributed by atoms with Gasteiger partial charge in [0.15, 0.2) is 0 Å². The van der Waals surface area contributed by atoms with Gasteiger partial charge in [0, 0.05) is 19.7 Å². The van der Waals surface area contributed by atoms with E-state index in [-0.39, 0.29) is 10.8 Å². The fourth-order valence-corrected chi connectivity index (χ4v) is 2.02. The molecule has 2 rings (SSSR count). The molecule has 4 heteroatoms. The highest BCUT2D eigenvalue weighted by molar-refractivity contribution is 6.30. The Balaban J connectivity index is 1.78. The standard InChI is InChI=1S/C12H15ClFNO/c13-11-5-9(1-2-12(11)14)6-15-7-10-3-4-16-8-10/h1-2,5,10,15H,3-4,6-8H2. The van der Waals surface area contributed by atoms with Crippen molar-refractivity contribution in [1.29, 1.82) is 0 Å². The van der Waals surface area contributed by atoms with Crippen LogP contribution in [-0.2, 0) is 11.3 Å². The molecule has 1 unspecified atom stereocenters. The van der Waals surface area contributed by atoms with Crippen LogP contribution in [0.15, 0.2) is 18.2 Å². The zero-order valence-corrected chi connectivity index (χ0v) is 9.77. The lowest BCUT2D eigenvalue weighted by molar-refractivity contribution is 0.185. The normalized spacial score (nSPS) is 20.2. The molecular weight excluding hydrogens is 229 g/mol. The Labute approximate surface area is 99.7 Å². The molecule has 1 aliphatic rings. The molecule has 0 spiro atoms. The lowest BCUT2D eigenvalue weighted by atomic mass is 10.1. The summed E-state index contributed by atoms with van der Waals surface area (Å²) in [6, 6.07) is 4.81. The Morgan fingerprint density at radius 3 is 3.06 bits per heavy atom. The quantitative estimate of drug-likeness (QED) is 0.878. The van der Waals surface area contributed by atoms with Crippen LogP contribution in [0.5, 0.6) is 0 Å². The second-order valence-electron chi connectivity index (χ2n) is 4.11. The third-order valence-corrected chi connectivity index (χ3v) is 3.06. The highest BCUT2D eigenvalue weighted by Crippen LogP contribution is 2.16. The third kappa shape index (κ3) is 3.17. The summed E-state index contributed by atoms with van der Waals surface area (Å²) in [5, 5.41) is 3.51. The Hall–Kier alpha value is -0.640. The maximum Gasteiger partial charge on any atom is 0.141 e. The maximum absolute atomic E-state index is 12.9. The van der Waals surface area contributed by atoms with Crippen LogP contribution in [0.2, 0.25) is 5.02 Å². The number of nitrogens with one attached hydrogen (secondary N) is 1. The van der Waals surface area contributed by atoms with Gasteiger partial charge < -0.3 is 10.1 Å². The molecule has 0 amide bonds. The van der Waals surface area contributed by atoms with E-state index in [0.717, 1.165) is 38.3 Å². The van der Waals surface area contributed by atoms with Crippen molar-refractivity contribution >= 4 is 11.6 Å². The minimum atomic E-state index is -0.366. The van der Waals surface area contributed by atoms with E-state index in [4.69, 9.17) is 16.3 Å². The van der Waals surface area contributed by atoms with Gasteiger partial charge in [-0.05, 0) is 30.0 Å². The first-order valence-corrected chi connectivity index (χ1v) is 5.86. The van der Waals surface area contributed by atoms with Gasteiger partial charge in [-0.25, -0.2) is 4.39 Å². The van der Waals surface area contributed by atoms with E-state index in [0.29, 0.717) is 5.92 Å². The van der Waals surface area contributed by atoms with Crippen LogP contribution in [0.3, 0.4) is 0 Å². The molecular formula is C12H15ClFNO. The van der Waals surface area contributed by atoms with Crippen molar-refractivity contribution in [3.8, 4) is 0 Å². The number of hydrogen-bond donors (Lipinski definition) is 1. The average molecular weight is 244 g/mol. The Morgan fingerprint density at radius 1 is 1.50 bits per heavy atom. The van der Waals surface area contributed by atoms with E-state index < -0.39 is 0 Å². The monoisotopic (exact) mass is 243 g/mol. The molecule has 0 bridgehead atoms. The van der Waals surface area contributed by atoms with Crippen molar-refractivity contribution < 1.29 is 9.13 Å². The van der Waals surface area contributed by atoms with Gasteiger partial charge in [0.2, 0.25) is 0 Å². The fraction of sp³-hybridized carbons (Fsp3) is 0.500. The molecule has 2 nitrogen and oxygen atoms in total. The van der Waals surface area contributed by atoms with Gasteiger partial charge in [0.05, 0.1) is 11.6 Å². The second-order valence-corrected chi connectivity index (χ2v) is 4.52. The van der Waals surface area contributed by atoms with E-state index in [9.17, 15) is 4.39 Å². The third-order valence-electron chi connectivity index (χ3n) is 2.77. The number of rotatable bonds is 4. The molecule has 0 aliphatic carbocycles. The van der Waals surface area contributed by atoms with Gasteiger partial charge in [-0.2, -0.15) is 0 Å². The van der Waals surface area contributed by atoms with Gasteiger partial charge >= 0.3 is 0 Å². The molecule has 1 aromatic rings. The van der Waals surface area contributed by atoms with Crippen molar-refractivity contribution in [2.75, 3.05) is 19.8 Å². The van der Waals surface area contributed by atoms with Crippen molar-refractivity contribution in [2.45, 2.75) is 13.0 Å².